The quantitative estimate of drug-likeness (QED) is 0.605. The van der Waals surface area contributed by atoms with E-state index in [-0.39, 0.29) is 0 Å². The van der Waals surface area contributed by atoms with Gasteiger partial charge in [-0.3, -0.25) is 0 Å². The summed E-state index contributed by atoms with van der Waals surface area (Å²) >= 11 is 0. The maximum atomic E-state index is 6.28. The molecule has 1 nitrogen and oxygen atoms in total. The molecule has 72 valence electrons. The van der Waals surface area contributed by atoms with Crippen LogP contribution in [0.1, 0.15) is 44.9 Å². The molecule has 0 radical (unpaired) electrons. The minimum Gasteiger partial charge on any atom is -0.402 e. The molecular weight excluding hydrogens is 158 g/mol. The molecule has 0 heterocycles. The van der Waals surface area contributed by atoms with E-state index in [1.165, 1.54) is 50.6 Å². The van der Waals surface area contributed by atoms with Crippen LogP contribution in [0.5, 0.6) is 0 Å². The minimum atomic E-state index is 0.796. The van der Waals surface area contributed by atoms with Gasteiger partial charge in [0.05, 0.1) is 0 Å². The third kappa shape index (κ3) is 1.06. The van der Waals surface area contributed by atoms with Crippen molar-refractivity contribution in [2.75, 3.05) is 0 Å². The standard InChI is InChI=1S/C12H19N/c13-12-10-5-1-3-8(10)7-9-4-2-6-11(9)12/h8-10H,1-7,13H2. The summed E-state index contributed by atoms with van der Waals surface area (Å²) in [6.45, 7) is 0. The average molecular weight is 177 g/mol. The molecule has 3 unspecified atom stereocenters. The van der Waals surface area contributed by atoms with Crippen molar-refractivity contribution in [1.29, 1.82) is 0 Å². The smallest absolute Gasteiger partial charge is 0.0109 e. The normalized spacial score (nSPS) is 43.5. The van der Waals surface area contributed by atoms with Gasteiger partial charge in [-0.15, -0.1) is 0 Å². The van der Waals surface area contributed by atoms with Gasteiger partial charge in [0, 0.05) is 11.6 Å². The van der Waals surface area contributed by atoms with E-state index in [0.717, 1.165) is 17.8 Å². The Morgan fingerprint density at radius 1 is 1.08 bits per heavy atom. The molecule has 0 saturated heterocycles. The van der Waals surface area contributed by atoms with Gasteiger partial charge in [0.1, 0.15) is 0 Å². The van der Waals surface area contributed by atoms with E-state index in [9.17, 15) is 0 Å². The molecule has 2 fully saturated rings. The van der Waals surface area contributed by atoms with Crippen LogP contribution in [0.25, 0.3) is 0 Å². The third-order valence-corrected chi connectivity index (χ3v) is 4.51. The van der Waals surface area contributed by atoms with Crippen LogP contribution in [0, 0.1) is 17.8 Å². The van der Waals surface area contributed by atoms with E-state index in [0.29, 0.717) is 0 Å². The fraction of sp³-hybridized carbons (Fsp3) is 0.833. The maximum Gasteiger partial charge on any atom is 0.0109 e. The van der Waals surface area contributed by atoms with Gasteiger partial charge < -0.3 is 5.73 Å². The molecule has 3 aliphatic rings. The highest BCUT2D eigenvalue weighted by Gasteiger charge is 2.39. The highest BCUT2D eigenvalue weighted by molar-refractivity contribution is 5.25. The zero-order valence-electron chi connectivity index (χ0n) is 8.26. The van der Waals surface area contributed by atoms with Crippen molar-refractivity contribution >= 4 is 0 Å². The van der Waals surface area contributed by atoms with Gasteiger partial charge in [-0.1, -0.05) is 6.42 Å². The summed E-state index contributed by atoms with van der Waals surface area (Å²) < 4.78 is 0. The number of nitrogens with two attached hydrogens (primary N) is 1. The Bertz CT molecular complexity index is 254. The van der Waals surface area contributed by atoms with Crippen LogP contribution in [-0.4, -0.2) is 0 Å². The summed E-state index contributed by atoms with van der Waals surface area (Å²) in [6, 6.07) is 0. The lowest BCUT2D eigenvalue weighted by atomic mass is 9.76. The van der Waals surface area contributed by atoms with Crippen molar-refractivity contribution in [3.63, 3.8) is 0 Å². The van der Waals surface area contributed by atoms with Crippen LogP contribution in [0.4, 0.5) is 0 Å². The minimum absolute atomic E-state index is 0.796. The van der Waals surface area contributed by atoms with Gasteiger partial charge in [-0.25, -0.2) is 0 Å². The zero-order chi connectivity index (χ0) is 8.84. The van der Waals surface area contributed by atoms with Crippen molar-refractivity contribution in [3.8, 4) is 0 Å². The van der Waals surface area contributed by atoms with Gasteiger partial charge in [-0.05, 0) is 55.9 Å². The Labute approximate surface area is 80.4 Å². The second-order valence-electron chi connectivity index (χ2n) is 5.10. The molecule has 0 aromatic carbocycles. The fourth-order valence-electron chi connectivity index (χ4n) is 3.89. The molecular formula is C12H19N. The van der Waals surface area contributed by atoms with Crippen molar-refractivity contribution < 1.29 is 0 Å². The van der Waals surface area contributed by atoms with Gasteiger partial charge in [0.25, 0.3) is 0 Å². The fourth-order valence-corrected chi connectivity index (χ4v) is 3.89. The average Bonchev–Trinajstić information content (AvgIpc) is 2.71. The first-order valence-electron chi connectivity index (χ1n) is 5.84. The summed E-state index contributed by atoms with van der Waals surface area (Å²) in [6.07, 6.45) is 9.89. The molecule has 0 aliphatic heterocycles. The SMILES string of the molecule is NC1=C2CCCC2CC2CCCC12. The van der Waals surface area contributed by atoms with Gasteiger partial charge >= 0.3 is 0 Å². The number of rotatable bonds is 0. The van der Waals surface area contributed by atoms with Gasteiger partial charge in [0.15, 0.2) is 0 Å². The number of allylic oxidation sites excluding steroid dienone is 2. The first-order valence-corrected chi connectivity index (χ1v) is 5.84. The van der Waals surface area contributed by atoms with Crippen molar-refractivity contribution in [3.05, 3.63) is 11.3 Å². The Morgan fingerprint density at radius 2 is 2.00 bits per heavy atom. The third-order valence-electron chi connectivity index (χ3n) is 4.51. The van der Waals surface area contributed by atoms with E-state index in [4.69, 9.17) is 5.73 Å². The van der Waals surface area contributed by atoms with Crippen molar-refractivity contribution in [1.82, 2.24) is 0 Å². The summed E-state index contributed by atoms with van der Waals surface area (Å²) in [7, 11) is 0. The van der Waals surface area contributed by atoms with E-state index in [1.807, 2.05) is 0 Å². The number of hydrogen-bond donors (Lipinski definition) is 1. The van der Waals surface area contributed by atoms with Crippen LogP contribution in [-0.2, 0) is 0 Å². The molecule has 0 aromatic rings. The molecule has 2 N–H and O–H groups in total. The molecule has 3 atom stereocenters. The Morgan fingerprint density at radius 3 is 2.92 bits per heavy atom. The molecule has 0 amide bonds. The van der Waals surface area contributed by atoms with Crippen LogP contribution in [0.3, 0.4) is 0 Å². The lowest BCUT2D eigenvalue weighted by molar-refractivity contribution is 0.323. The van der Waals surface area contributed by atoms with E-state index in [1.54, 1.807) is 5.57 Å². The molecule has 3 rings (SSSR count). The maximum absolute atomic E-state index is 6.28. The largest absolute Gasteiger partial charge is 0.402 e. The molecule has 0 spiro atoms. The monoisotopic (exact) mass is 177 g/mol. The summed E-state index contributed by atoms with van der Waals surface area (Å²) in [5, 5.41) is 0. The molecule has 3 aliphatic carbocycles. The Kier molecular flexibility index (Phi) is 1.68. The highest BCUT2D eigenvalue weighted by Crippen LogP contribution is 2.50. The predicted molar refractivity (Wildman–Crippen MR) is 54.0 cm³/mol. The summed E-state index contributed by atoms with van der Waals surface area (Å²) in [5.41, 5.74) is 9.28. The Hall–Kier alpha value is -0.460. The van der Waals surface area contributed by atoms with Crippen LogP contribution in [0.15, 0.2) is 11.3 Å². The van der Waals surface area contributed by atoms with Gasteiger partial charge in [0.2, 0.25) is 0 Å². The molecule has 2 saturated carbocycles. The zero-order valence-corrected chi connectivity index (χ0v) is 8.26. The lowest BCUT2D eigenvalue weighted by Gasteiger charge is -2.31. The second-order valence-corrected chi connectivity index (χ2v) is 5.10. The van der Waals surface area contributed by atoms with E-state index < -0.39 is 0 Å². The number of hydrogen-bond acceptors (Lipinski definition) is 1. The topological polar surface area (TPSA) is 26.0 Å². The van der Waals surface area contributed by atoms with E-state index in [2.05, 4.69) is 0 Å². The molecule has 13 heavy (non-hydrogen) atoms. The number of fused-ring (bicyclic) bond motifs is 2. The molecule has 0 aromatic heterocycles. The highest BCUT2D eigenvalue weighted by atomic mass is 14.7. The predicted octanol–water partition coefficient (Wildman–Crippen LogP) is 2.82. The van der Waals surface area contributed by atoms with Crippen LogP contribution in [0.2, 0.25) is 0 Å². The second kappa shape index (κ2) is 2.76. The van der Waals surface area contributed by atoms with Crippen LogP contribution >= 0.6 is 0 Å². The molecule has 0 bridgehead atoms. The first-order chi connectivity index (χ1) is 6.36. The van der Waals surface area contributed by atoms with Crippen molar-refractivity contribution in [2.45, 2.75) is 44.9 Å². The summed E-state index contributed by atoms with van der Waals surface area (Å²) in [5.74, 6) is 2.66. The molecule has 1 heteroatoms. The Balaban J connectivity index is 1.97. The first kappa shape index (κ1) is 7.90. The summed E-state index contributed by atoms with van der Waals surface area (Å²) in [4.78, 5) is 0. The van der Waals surface area contributed by atoms with E-state index >= 15 is 0 Å². The van der Waals surface area contributed by atoms with Gasteiger partial charge in [-0.2, -0.15) is 0 Å². The van der Waals surface area contributed by atoms with Crippen LogP contribution < -0.4 is 5.73 Å². The lowest BCUT2D eigenvalue weighted by Crippen LogP contribution is -2.26. The van der Waals surface area contributed by atoms with Crippen molar-refractivity contribution in [2.24, 2.45) is 23.5 Å².